The molecule has 0 saturated carbocycles. The average molecular weight is 273 g/mol. The smallest absolute Gasteiger partial charge is 0.258 e. The summed E-state index contributed by atoms with van der Waals surface area (Å²) >= 11 is 0. The lowest BCUT2D eigenvalue weighted by atomic mass is 9.98. The van der Waals surface area contributed by atoms with E-state index < -0.39 is 0 Å². The van der Waals surface area contributed by atoms with E-state index in [1.165, 1.54) is 5.56 Å². The maximum Gasteiger partial charge on any atom is 0.258 e. The van der Waals surface area contributed by atoms with Gasteiger partial charge in [-0.3, -0.25) is 4.79 Å². The van der Waals surface area contributed by atoms with Gasteiger partial charge in [0.25, 0.3) is 5.56 Å². The van der Waals surface area contributed by atoms with Crippen LogP contribution in [-0.4, -0.2) is 18.3 Å². The van der Waals surface area contributed by atoms with E-state index in [0.717, 1.165) is 17.2 Å². The third kappa shape index (κ3) is 2.63. The van der Waals surface area contributed by atoms with Crippen LogP contribution < -0.4 is 5.56 Å². The van der Waals surface area contributed by atoms with Gasteiger partial charge in [0, 0.05) is 18.7 Å². The molecule has 0 aliphatic rings. The molecule has 1 aromatic heterocycles. The average Bonchev–Trinajstić information content (AvgIpc) is 2.45. The van der Waals surface area contributed by atoms with Gasteiger partial charge in [0.05, 0.1) is 12.6 Å². The van der Waals surface area contributed by atoms with Crippen LogP contribution in [0.15, 0.2) is 35.3 Å². The van der Waals surface area contributed by atoms with Crippen molar-refractivity contribution < 1.29 is 4.74 Å². The maximum absolute atomic E-state index is 12.7. The number of hydrogen-bond acceptors (Lipinski definition) is 2. The third-order valence-electron chi connectivity index (χ3n) is 3.83. The van der Waals surface area contributed by atoms with Crippen LogP contribution >= 0.6 is 0 Å². The van der Waals surface area contributed by atoms with Crippen molar-refractivity contribution >= 4 is 10.8 Å². The molecular formula is C17H23NO2. The van der Waals surface area contributed by atoms with Gasteiger partial charge in [-0.2, -0.15) is 0 Å². The predicted molar refractivity (Wildman–Crippen MR) is 83.5 cm³/mol. The molecule has 0 aliphatic carbocycles. The van der Waals surface area contributed by atoms with E-state index >= 15 is 0 Å². The first-order valence-electron chi connectivity index (χ1n) is 7.22. The molecule has 0 aliphatic heterocycles. The van der Waals surface area contributed by atoms with Crippen molar-refractivity contribution in [3.8, 4) is 0 Å². The summed E-state index contributed by atoms with van der Waals surface area (Å²) < 4.78 is 7.11. The fraction of sp³-hybridized carbons (Fsp3) is 0.471. The number of ether oxygens (including phenoxy) is 1. The first kappa shape index (κ1) is 14.8. The molecule has 0 spiro atoms. The van der Waals surface area contributed by atoms with Crippen molar-refractivity contribution in [3.05, 3.63) is 46.4 Å². The molecule has 0 N–H and O–H groups in total. The van der Waals surface area contributed by atoms with Crippen molar-refractivity contribution in [1.82, 2.24) is 4.57 Å². The van der Waals surface area contributed by atoms with Gasteiger partial charge >= 0.3 is 0 Å². The molecular weight excluding hydrogens is 250 g/mol. The molecule has 0 bridgehead atoms. The van der Waals surface area contributed by atoms with E-state index in [0.29, 0.717) is 12.5 Å². The number of rotatable bonds is 5. The Kier molecular flexibility index (Phi) is 4.61. The fourth-order valence-electron chi connectivity index (χ4n) is 2.66. The zero-order valence-electron chi connectivity index (χ0n) is 12.7. The molecule has 1 atom stereocenters. The molecule has 3 heteroatoms. The molecule has 3 nitrogen and oxygen atoms in total. The Hall–Kier alpha value is -1.61. The van der Waals surface area contributed by atoms with Crippen molar-refractivity contribution in [3.63, 3.8) is 0 Å². The lowest BCUT2D eigenvalue weighted by molar-refractivity contribution is 0.151. The van der Waals surface area contributed by atoms with Crippen LogP contribution in [0.5, 0.6) is 0 Å². The topological polar surface area (TPSA) is 31.2 Å². The highest BCUT2D eigenvalue weighted by Gasteiger charge is 2.16. The molecule has 2 aromatic rings. The van der Waals surface area contributed by atoms with Gasteiger partial charge in [-0.1, -0.05) is 39.0 Å². The number of aromatic nitrogens is 1. The summed E-state index contributed by atoms with van der Waals surface area (Å²) in [6.45, 7) is 6.97. The van der Waals surface area contributed by atoms with Gasteiger partial charge in [0.1, 0.15) is 0 Å². The van der Waals surface area contributed by atoms with Crippen LogP contribution in [0.1, 0.15) is 44.7 Å². The van der Waals surface area contributed by atoms with E-state index in [1.807, 2.05) is 35.0 Å². The summed E-state index contributed by atoms with van der Waals surface area (Å²) in [5.74, 6) is 0.381. The number of fused-ring (bicyclic) bond motifs is 1. The predicted octanol–water partition coefficient (Wildman–Crippen LogP) is 3.72. The number of pyridine rings is 1. The van der Waals surface area contributed by atoms with Crippen molar-refractivity contribution in [1.29, 1.82) is 0 Å². The molecule has 1 unspecified atom stereocenters. The Balaban J connectivity index is 2.73. The molecule has 1 aromatic carbocycles. The zero-order chi connectivity index (χ0) is 14.7. The highest BCUT2D eigenvalue weighted by atomic mass is 16.5. The Labute approximate surface area is 120 Å². The Morgan fingerprint density at radius 3 is 2.40 bits per heavy atom. The SMILES string of the molecule is CCC(COC)n1cc(C(C)C)c2ccccc2c1=O. The fourth-order valence-corrected chi connectivity index (χ4v) is 2.66. The second kappa shape index (κ2) is 6.23. The Morgan fingerprint density at radius 1 is 1.20 bits per heavy atom. The van der Waals surface area contributed by atoms with Crippen LogP contribution in [0.2, 0.25) is 0 Å². The second-order valence-corrected chi connectivity index (χ2v) is 5.51. The molecule has 0 saturated heterocycles. The van der Waals surface area contributed by atoms with E-state index in [2.05, 4.69) is 20.8 Å². The number of benzene rings is 1. The van der Waals surface area contributed by atoms with Crippen LogP contribution in [0.25, 0.3) is 10.8 Å². The van der Waals surface area contributed by atoms with E-state index in [4.69, 9.17) is 4.74 Å². The van der Waals surface area contributed by atoms with Crippen LogP contribution in [0, 0.1) is 0 Å². The normalized spacial score (nSPS) is 13.1. The largest absolute Gasteiger partial charge is 0.383 e. The van der Waals surface area contributed by atoms with Crippen molar-refractivity contribution in [2.24, 2.45) is 0 Å². The van der Waals surface area contributed by atoms with Crippen molar-refractivity contribution in [2.45, 2.75) is 39.2 Å². The molecule has 0 fully saturated rings. The maximum atomic E-state index is 12.7. The second-order valence-electron chi connectivity index (χ2n) is 5.51. The van der Waals surface area contributed by atoms with Gasteiger partial charge in [-0.25, -0.2) is 0 Å². The summed E-state index contributed by atoms with van der Waals surface area (Å²) in [5.41, 5.74) is 1.30. The first-order chi connectivity index (χ1) is 9.60. The van der Waals surface area contributed by atoms with Crippen LogP contribution in [-0.2, 0) is 4.74 Å². The highest BCUT2D eigenvalue weighted by molar-refractivity contribution is 5.85. The first-order valence-corrected chi connectivity index (χ1v) is 7.22. The zero-order valence-corrected chi connectivity index (χ0v) is 12.7. The summed E-state index contributed by atoms with van der Waals surface area (Å²) in [6.07, 6.45) is 2.89. The number of nitrogens with zero attached hydrogens (tertiary/aromatic N) is 1. The summed E-state index contributed by atoms with van der Waals surface area (Å²) in [5, 5.41) is 1.87. The molecule has 0 radical (unpaired) electrons. The quantitative estimate of drug-likeness (QED) is 0.831. The molecule has 2 rings (SSSR count). The highest BCUT2D eigenvalue weighted by Crippen LogP contribution is 2.24. The summed E-state index contributed by atoms with van der Waals surface area (Å²) in [4.78, 5) is 12.7. The molecule has 1 heterocycles. The lowest BCUT2D eigenvalue weighted by Crippen LogP contribution is -2.27. The molecule has 108 valence electrons. The van der Waals surface area contributed by atoms with E-state index in [9.17, 15) is 4.79 Å². The Morgan fingerprint density at radius 2 is 1.85 bits per heavy atom. The minimum Gasteiger partial charge on any atom is -0.383 e. The third-order valence-corrected chi connectivity index (χ3v) is 3.83. The Bertz CT molecular complexity index is 643. The summed E-state index contributed by atoms with van der Waals surface area (Å²) in [7, 11) is 1.68. The van der Waals surface area contributed by atoms with Gasteiger partial charge in [-0.05, 0) is 29.4 Å². The van der Waals surface area contributed by atoms with Crippen molar-refractivity contribution in [2.75, 3.05) is 13.7 Å². The van der Waals surface area contributed by atoms with Gasteiger partial charge in [-0.15, -0.1) is 0 Å². The van der Waals surface area contributed by atoms with Gasteiger partial charge in [0.15, 0.2) is 0 Å². The summed E-state index contributed by atoms with van der Waals surface area (Å²) in [6, 6.07) is 7.96. The monoisotopic (exact) mass is 273 g/mol. The molecule has 20 heavy (non-hydrogen) atoms. The minimum absolute atomic E-state index is 0.0777. The minimum atomic E-state index is 0.0777. The van der Waals surface area contributed by atoms with Crippen LogP contribution in [0.3, 0.4) is 0 Å². The van der Waals surface area contributed by atoms with Gasteiger partial charge < -0.3 is 9.30 Å². The molecule has 0 amide bonds. The number of methoxy groups -OCH3 is 1. The lowest BCUT2D eigenvalue weighted by Gasteiger charge is -2.21. The number of hydrogen-bond donors (Lipinski definition) is 0. The van der Waals surface area contributed by atoms with E-state index in [-0.39, 0.29) is 11.6 Å². The van der Waals surface area contributed by atoms with E-state index in [1.54, 1.807) is 7.11 Å². The van der Waals surface area contributed by atoms with Crippen LogP contribution in [0.4, 0.5) is 0 Å². The standard InChI is InChI=1S/C17H23NO2/c1-5-13(11-20-4)18-10-16(12(2)3)14-8-6-7-9-15(14)17(18)19/h6-10,12-13H,5,11H2,1-4H3. The van der Waals surface area contributed by atoms with Gasteiger partial charge in [0.2, 0.25) is 0 Å².